The Labute approximate surface area is 460 Å². The maximum atomic E-state index is 11.6. The second-order valence-corrected chi connectivity index (χ2v) is 23.8. The Morgan fingerprint density at radius 3 is 1.58 bits per heavy atom. The zero-order chi connectivity index (χ0) is 53.7. The van der Waals surface area contributed by atoms with Crippen molar-refractivity contribution in [3.05, 3.63) is 80.2 Å². The first kappa shape index (κ1) is 54.9. The number of nitrogens with one attached hydrogen (secondary N) is 1. The largest absolute Gasteiger partial charge is 0.454 e. The lowest BCUT2D eigenvalue weighted by molar-refractivity contribution is -0.384. The highest BCUT2D eigenvalue weighted by Gasteiger charge is 2.28. The van der Waals surface area contributed by atoms with E-state index in [1.807, 2.05) is 28.8 Å². The van der Waals surface area contributed by atoms with E-state index in [-0.39, 0.29) is 25.0 Å². The maximum absolute atomic E-state index is 11.6. The van der Waals surface area contributed by atoms with Crippen LogP contribution >= 0.6 is 55.4 Å². The van der Waals surface area contributed by atoms with Gasteiger partial charge in [-0.05, 0) is 132 Å². The number of non-ortho nitro benzene ring substituents is 1. The number of nitrogen functional groups attached to an aromatic ring is 2. The summed E-state index contributed by atoms with van der Waals surface area (Å²) < 4.78 is 77.6. The van der Waals surface area contributed by atoms with Gasteiger partial charge in [0.15, 0.2) is 67.3 Å². The van der Waals surface area contributed by atoms with E-state index in [0.717, 1.165) is 116 Å². The van der Waals surface area contributed by atoms with Crippen LogP contribution in [0.15, 0.2) is 90.2 Å². The van der Waals surface area contributed by atoms with Crippen molar-refractivity contribution in [1.82, 2.24) is 48.7 Å². The van der Waals surface area contributed by atoms with E-state index >= 15 is 0 Å². The predicted octanol–water partition coefficient (Wildman–Crippen LogP) is 5.97. The van der Waals surface area contributed by atoms with Crippen molar-refractivity contribution in [1.29, 1.82) is 0 Å². The molecule has 0 bridgehead atoms. The second-order valence-electron chi connectivity index (χ2n) is 17.4. The Kier molecular flexibility index (Phi) is 17.2. The Bertz CT molecular complexity index is 3490. The van der Waals surface area contributed by atoms with Crippen LogP contribution in [0.3, 0.4) is 0 Å². The van der Waals surface area contributed by atoms with E-state index in [2.05, 4.69) is 71.0 Å². The zero-order valence-electron chi connectivity index (χ0n) is 40.0. The number of fused-ring (bicyclic) bond motifs is 4. The Balaban J connectivity index is 0.000000150. The summed E-state index contributed by atoms with van der Waals surface area (Å²) in [4.78, 5) is 38.1. The molecule has 4 aliphatic rings. The molecule has 2 fully saturated rings. The number of halogens is 2. The molecule has 76 heavy (non-hydrogen) atoms. The minimum absolute atomic E-state index is 0.0712. The minimum atomic E-state index is -4.08. The van der Waals surface area contributed by atoms with Crippen molar-refractivity contribution in [2.45, 2.75) is 71.7 Å². The van der Waals surface area contributed by atoms with Crippen LogP contribution < -0.4 is 50.2 Å². The molecule has 0 amide bonds. The first-order valence-corrected chi connectivity index (χ1v) is 29.5. The van der Waals surface area contributed by atoms with Crippen molar-refractivity contribution in [3.63, 3.8) is 0 Å². The van der Waals surface area contributed by atoms with E-state index in [1.165, 1.54) is 41.6 Å². The molecule has 11 rings (SSSR count). The molecule has 26 nitrogen and oxygen atoms in total. The molecule has 32 heteroatoms. The lowest BCUT2D eigenvalue weighted by Crippen LogP contribution is -2.42. The summed E-state index contributed by atoms with van der Waals surface area (Å²) in [5, 5.41) is 25.1. The van der Waals surface area contributed by atoms with Crippen LogP contribution in [0.5, 0.6) is 28.7 Å². The third-order valence-corrected chi connectivity index (χ3v) is 17.9. The molecule has 2 saturated heterocycles. The fraction of sp³-hybridized carbons (Fsp3) is 0.364. The maximum Gasteiger partial charge on any atom is 0.380 e. The van der Waals surface area contributed by atoms with Crippen LogP contribution in [0.4, 0.5) is 17.3 Å². The van der Waals surface area contributed by atoms with Crippen LogP contribution in [-0.4, -0.2) is 105 Å². The number of anilines is 2. The minimum Gasteiger partial charge on any atom is -0.454 e. The van der Waals surface area contributed by atoms with Gasteiger partial charge in [0.25, 0.3) is 15.9 Å². The monoisotopic (exact) mass is 1250 g/mol. The molecule has 0 radical (unpaired) electrons. The molecule has 404 valence electrons. The topological polar surface area (TPSA) is 364 Å². The summed E-state index contributed by atoms with van der Waals surface area (Å²) in [5.41, 5.74) is 14.7. The van der Waals surface area contributed by atoms with E-state index in [9.17, 15) is 26.9 Å². The number of aromatic nitrogens is 8. The molecule has 0 atom stereocenters. The van der Waals surface area contributed by atoms with Gasteiger partial charge in [-0.1, -0.05) is 23.5 Å². The lowest BCUT2D eigenvalue weighted by Gasteiger charge is -2.29. The fourth-order valence-electron chi connectivity index (χ4n) is 8.58. The summed E-state index contributed by atoms with van der Waals surface area (Å²) in [6, 6.07) is 12.2. The SMILES string of the molecule is NS(=O)(=O)Oc1ccc([N+](=O)[O-])cc1.Nc1ncnc2c1nc(Sc1cc3c(cc1Br)OCO3)n2CCC1CCN(S(N)(=O)=O)CC1.Nc1ncnc2c1nc(Sc1cc3c(cc1Br)OCO3)n2CCC1CCNCC1. The molecule has 0 spiro atoms. The molecule has 0 aliphatic carbocycles. The molecule has 0 unspecified atom stereocenters. The number of aryl methyl sites for hydroxylation is 2. The van der Waals surface area contributed by atoms with E-state index in [1.54, 1.807) is 11.8 Å². The van der Waals surface area contributed by atoms with Gasteiger partial charge in [-0.3, -0.25) is 10.1 Å². The number of imidazole rings is 2. The smallest absolute Gasteiger partial charge is 0.380 e. The van der Waals surface area contributed by atoms with Gasteiger partial charge in [0.2, 0.25) is 13.6 Å². The normalized spacial score (nSPS) is 15.8. The number of nitro benzene ring substituents is 1. The Morgan fingerprint density at radius 1 is 0.697 bits per heavy atom. The molecule has 8 heterocycles. The standard InChI is InChI=1S/C19H22BrN7O4S2.C19H21BrN6O2S.C6H6N2O5S/c20-12-7-13-14(31-10-30-13)8-15(12)32-19-25-16-17(21)23-9-24-18(16)27(19)6-3-11-1-4-26(5-2-11)33(22,28)29;20-12-7-13-14(28-10-27-13)8-15(12)29-19-25-16-17(21)23-9-24-18(16)26(19)6-3-11-1-4-22-5-2-11;7-14(11,12)13-6-3-1-5(2-4-6)8(9)10/h7-9,11H,1-6,10H2,(H2,21,23,24)(H2,22,28,29);7-9,11,22H,1-6,10H2,(H2,21,23,24);1-4H,(H2,7,11,12). The van der Waals surface area contributed by atoms with E-state index in [4.69, 9.17) is 45.5 Å². The van der Waals surface area contributed by atoms with Crippen molar-refractivity contribution in [2.75, 3.05) is 51.2 Å². The van der Waals surface area contributed by atoms with Gasteiger partial charge in [0.05, 0.1) is 4.92 Å². The number of nitro groups is 1. The summed E-state index contributed by atoms with van der Waals surface area (Å²) in [7, 11) is -7.71. The number of hydrogen-bond donors (Lipinski definition) is 5. The van der Waals surface area contributed by atoms with Crippen LogP contribution in [0.2, 0.25) is 0 Å². The summed E-state index contributed by atoms with van der Waals surface area (Å²) in [6.07, 6.45) is 8.82. The van der Waals surface area contributed by atoms with Crippen LogP contribution in [-0.2, 0) is 33.6 Å². The summed E-state index contributed by atoms with van der Waals surface area (Å²) in [5.74, 6) is 4.61. The molecular weight excluding hydrogens is 1200 g/mol. The number of nitrogens with two attached hydrogens (primary N) is 4. The average molecular weight is 1250 g/mol. The number of piperidine rings is 2. The van der Waals surface area contributed by atoms with Crippen molar-refractivity contribution in [2.24, 2.45) is 22.1 Å². The second kappa shape index (κ2) is 23.8. The van der Waals surface area contributed by atoms with Gasteiger partial charge < -0.3 is 49.0 Å². The van der Waals surface area contributed by atoms with E-state index < -0.39 is 25.4 Å². The number of benzene rings is 3. The molecule has 7 aromatic rings. The van der Waals surface area contributed by atoms with Gasteiger partial charge in [-0.25, -0.2) is 35.0 Å². The summed E-state index contributed by atoms with van der Waals surface area (Å²) in [6.45, 7) is 5.03. The molecule has 0 saturated carbocycles. The molecule has 9 N–H and O–H groups in total. The van der Waals surface area contributed by atoms with Crippen molar-refractivity contribution >= 4 is 116 Å². The first-order valence-electron chi connectivity index (χ1n) is 23.3. The Morgan fingerprint density at radius 2 is 1.14 bits per heavy atom. The molecular formula is C44H49Br2N15O11S4. The lowest BCUT2D eigenvalue weighted by atomic mass is 9.95. The van der Waals surface area contributed by atoms with Gasteiger partial charge in [0, 0.05) is 57.0 Å². The van der Waals surface area contributed by atoms with Gasteiger partial charge in [-0.15, -0.1) is 0 Å². The zero-order valence-corrected chi connectivity index (χ0v) is 46.4. The summed E-state index contributed by atoms with van der Waals surface area (Å²) >= 11 is 10.3. The third-order valence-electron chi connectivity index (χ3n) is 12.5. The average Bonchev–Trinajstić information content (AvgIpc) is 4.20. The highest BCUT2D eigenvalue weighted by molar-refractivity contribution is 9.10. The number of ether oxygens (including phenoxy) is 4. The van der Waals surface area contributed by atoms with Gasteiger partial charge in [0.1, 0.15) is 18.4 Å². The van der Waals surface area contributed by atoms with Crippen LogP contribution in [0.25, 0.3) is 22.3 Å². The number of rotatable bonds is 14. The van der Waals surface area contributed by atoms with Crippen molar-refractivity contribution in [3.8, 4) is 28.7 Å². The van der Waals surface area contributed by atoms with Crippen LogP contribution in [0.1, 0.15) is 38.5 Å². The third kappa shape index (κ3) is 13.5. The molecule has 4 aromatic heterocycles. The molecule has 4 aliphatic heterocycles. The molecule has 3 aromatic carbocycles. The van der Waals surface area contributed by atoms with E-state index in [0.29, 0.717) is 71.3 Å². The van der Waals surface area contributed by atoms with Crippen LogP contribution in [0, 0.1) is 22.0 Å². The van der Waals surface area contributed by atoms with Gasteiger partial charge in [-0.2, -0.15) is 26.3 Å². The quantitative estimate of drug-likeness (QED) is 0.0618. The number of hydrogen-bond acceptors (Lipinski definition) is 22. The van der Waals surface area contributed by atoms with Gasteiger partial charge >= 0.3 is 10.3 Å². The first-order chi connectivity index (χ1) is 36.4. The number of nitrogens with zero attached hydrogens (tertiary/aromatic N) is 10. The Hall–Kier alpha value is -5.84. The predicted molar refractivity (Wildman–Crippen MR) is 287 cm³/mol. The highest BCUT2D eigenvalue weighted by Crippen LogP contribution is 2.45. The highest BCUT2D eigenvalue weighted by atomic mass is 79.9. The van der Waals surface area contributed by atoms with Crippen molar-refractivity contribution < 1.29 is 44.9 Å². The fourth-order valence-corrected chi connectivity index (χ4v) is 12.7.